The summed E-state index contributed by atoms with van der Waals surface area (Å²) in [6.07, 6.45) is 0. The molecule has 2 aromatic rings. The maximum atomic E-state index is 13.1. The Morgan fingerprint density at radius 2 is 1.95 bits per heavy atom. The quantitative estimate of drug-likeness (QED) is 0.780. The van der Waals surface area contributed by atoms with Crippen molar-refractivity contribution in [3.63, 3.8) is 0 Å². The van der Waals surface area contributed by atoms with Gasteiger partial charge in [0.05, 0.1) is 9.47 Å². The number of sulfonamides is 1. The average molecular weight is 429 g/mol. The third kappa shape index (κ3) is 3.36. The van der Waals surface area contributed by atoms with Crippen molar-refractivity contribution in [3.05, 3.63) is 43.9 Å². The Bertz CT molecular complexity index is 709. The molecular weight excluding hydrogens is 421 g/mol. The van der Waals surface area contributed by atoms with Crippen LogP contribution in [0.5, 0.6) is 0 Å². The predicted octanol–water partition coefficient (Wildman–Crippen LogP) is 4.52. The third-order valence-electron chi connectivity index (χ3n) is 2.27. The molecule has 1 aromatic carbocycles. The predicted molar refractivity (Wildman–Crippen MR) is 81.7 cm³/mol. The lowest BCUT2D eigenvalue weighted by Crippen LogP contribution is -2.12. The molecule has 0 aliphatic carbocycles. The van der Waals surface area contributed by atoms with Crippen molar-refractivity contribution in [3.8, 4) is 0 Å². The molecule has 0 aliphatic heterocycles. The number of rotatable bonds is 3. The number of thiophene rings is 1. The molecule has 0 saturated heterocycles. The van der Waals surface area contributed by atoms with Gasteiger partial charge in [0.15, 0.2) is 0 Å². The number of aryl methyl sites for hydroxylation is 1. The molecule has 1 aromatic heterocycles. The third-order valence-corrected chi connectivity index (χ3v) is 6.94. The maximum Gasteiger partial charge on any atom is 0.271 e. The second-order valence-electron chi connectivity index (χ2n) is 3.75. The molecule has 0 bridgehead atoms. The van der Waals surface area contributed by atoms with Crippen LogP contribution in [-0.2, 0) is 10.0 Å². The molecule has 0 spiro atoms. The van der Waals surface area contributed by atoms with Gasteiger partial charge in [0.2, 0.25) is 0 Å². The molecule has 2 rings (SSSR count). The molecule has 102 valence electrons. The summed E-state index contributed by atoms with van der Waals surface area (Å²) in [6.45, 7) is 1.80. The van der Waals surface area contributed by atoms with E-state index in [1.165, 1.54) is 12.1 Å². The summed E-state index contributed by atoms with van der Waals surface area (Å²) in [5.74, 6) is -0.510. The minimum absolute atomic E-state index is 0.169. The Balaban J connectivity index is 2.39. The lowest BCUT2D eigenvalue weighted by atomic mass is 10.3. The minimum atomic E-state index is -3.71. The lowest BCUT2D eigenvalue weighted by molar-refractivity contribution is 0.603. The van der Waals surface area contributed by atoms with Crippen molar-refractivity contribution in [2.24, 2.45) is 0 Å². The van der Waals surface area contributed by atoms with Crippen molar-refractivity contribution in [2.75, 3.05) is 4.72 Å². The molecule has 0 unspecified atom stereocenters. The van der Waals surface area contributed by atoms with Crippen molar-refractivity contribution in [1.82, 2.24) is 0 Å². The molecule has 0 saturated carbocycles. The van der Waals surface area contributed by atoms with Crippen molar-refractivity contribution in [2.45, 2.75) is 11.1 Å². The molecule has 0 atom stereocenters. The Morgan fingerprint density at radius 1 is 1.26 bits per heavy atom. The van der Waals surface area contributed by atoms with Crippen LogP contribution in [-0.4, -0.2) is 8.42 Å². The first kappa shape index (κ1) is 15.0. The van der Waals surface area contributed by atoms with Gasteiger partial charge < -0.3 is 0 Å². The Kier molecular flexibility index (Phi) is 4.34. The maximum absolute atomic E-state index is 13.1. The fourth-order valence-corrected chi connectivity index (χ4v) is 5.11. The summed E-state index contributed by atoms with van der Waals surface area (Å²) in [6, 6.07) is 5.37. The molecule has 0 radical (unpaired) electrons. The van der Waals surface area contributed by atoms with Crippen LogP contribution in [0.3, 0.4) is 0 Å². The van der Waals surface area contributed by atoms with Crippen LogP contribution in [0.15, 0.2) is 36.7 Å². The van der Waals surface area contributed by atoms with Crippen LogP contribution in [0, 0.1) is 12.7 Å². The van der Waals surface area contributed by atoms with E-state index in [0.29, 0.717) is 4.47 Å². The topological polar surface area (TPSA) is 46.2 Å². The van der Waals surface area contributed by atoms with Crippen LogP contribution < -0.4 is 4.72 Å². The minimum Gasteiger partial charge on any atom is -0.278 e. The van der Waals surface area contributed by atoms with Crippen molar-refractivity contribution in [1.29, 1.82) is 0 Å². The summed E-state index contributed by atoms with van der Waals surface area (Å²) >= 11 is 7.56. The van der Waals surface area contributed by atoms with E-state index in [4.69, 9.17) is 0 Å². The second-order valence-corrected chi connectivity index (χ2v) is 8.89. The highest BCUT2D eigenvalue weighted by Crippen LogP contribution is 2.33. The molecule has 19 heavy (non-hydrogen) atoms. The largest absolute Gasteiger partial charge is 0.278 e. The van der Waals surface area contributed by atoms with Gasteiger partial charge in [-0.25, -0.2) is 12.8 Å². The number of benzene rings is 1. The van der Waals surface area contributed by atoms with Gasteiger partial charge in [-0.15, -0.1) is 11.3 Å². The zero-order valence-electron chi connectivity index (χ0n) is 9.58. The molecule has 0 aliphatic rings. The molecule has 1 heterocycles. The Hall–Kier alpha value is -0.440. The SMILES string of the molecule is Cc1cc(S(=O)(=O)Nc2cc(F)ccc2Br)sc1Br. The summed E-state index contributed by atoms with van der Waals surface area (Å²) in [7, 11) is -3.71. The van der Waals surface area contributed by atoms with Crippen molar-refractivity contribution < 1.29 is 12.8 Å². The van der Waals surface area contributed by atoms with E-state index < -0.39 is 15.8 Å². The van der Waals surface area contributed by atoms with Crippen LogP contribution in [0.1, 0.15) is 5.56 Å². The zero-order chi connectivity index (χ0) is 14.2. The number of halogens is 3. The van der Waals surface area contributed by atoms with Crippen LogP contribution in [0.2, 0.25) is 0 Å². The Labute approximate surface area is 131 Å². The lowest BCUT2D eigenvalue weighted by Gasteiger charge is -2.08. The smallest absolute Gasteiger partial charge is 0.271 e. The van der Waals surface area contributed by atoms with Crippen LogP contribution in [0.4, 0.5) is 10.1 Å². The normalized spacial score (nSPS) is 11.6. The zero-order valence-corrected chi connectivity index (χ0v) is 14.4. The monoisotopic (exact) mass is 427 g/mol. The fraction of sp³-hybridized carbons (Fsp3) is 0.0909. The molecule has 8 heteroatoms. The molecule has 3 nitrogen and oxygen atoms in total. The van der Waals surface area contributed by atoms with Crippen LogP contribution >= 0.6 is 43.2 Å². The number of hydrogen-bond donors (Lipinski definition) is 1. The summed E-state index contributed by atoms with van der Waals surface area (Å²) < 4.78 is 41.2. The van der Waals surface area contributed by atoms with E-state index in [-0.39, 0.29) is 9.90 Å². The highest BCUT2D eigenvalue weighted by molar-refractivity contribution is 9.11. The molecule has 1 N–H and O–H groups in total. The van der Waals surface area contributed by atoms with E-state index in [2.05, 4.69) is 36.6 Å². The van der Waals surface area contributed by atoms with E-state index in [1.807, 2.05) is 0 Å². The van der Waals surface area contributed by atoms with Gasteiger partial charge in [-0.2, -0.15) is 0 Å². The fourth-order valence-electron chi connectivity index (χ4n) is 1.33. The standard InChI is InChI=1S/C11H8Br2FNO2S2/c1-6-4-10(18-11(6)13)19(16,17)15-9-5-7(14)2-3-8(9)12/h2-5,15H,1H3. The number of hydrogen-bond acceptors (Lipinski definition) is 3. The van der Waals surface area contributed by atoms with Gasteiger partial charge in [-0.1, -0.05) is 0 Å². The summed E-state index contributed by atoms with van der Waals surface area (Å²) in [5.41, 5.74) is 1.01. The van der Waals surface area contributed by atoms with Gasteiger partial charge in [-0.05, 0) is 68.6 Å². The molecule has 0 fully saturated rings. The van der Waals surface area contributed by atoms with E-state index in [9.17, 15) is 12.8 Å². The van der Waals surface area contributed by atoms with E-state index in [0.717, 1.165) is 26.8 Å². The van der Waals surface area contributed by atoms with Gasteiger partial charge >= 0.3 is 0 Å². The number of anilines is 1. The van der Waals surface area contributed by atoms with Gasteiger partial charge in [-0.3, -0.25) is 4.72 Å². The van der Waals surface area contributed by atoms with E-state index >= 15 is 0 Å². The first-order valence-corrected chi connectivity index (χ1v) is 8.92. The van der Waals surface area contributed by atoms with Gasteiger partial charge in [0.1, 0.15) is 10.0 Å². The highest BCUT2D eigenvalue weighted by atomic mass is 79.9. The van der Waals surface area contributed by atoms with Gasteiger partial charge in [0.25, 0.3) is 10.0 Å². The van der Waals surface area contributed by atoms with Gasteiger partial charge in [0, 0.05) is 4.47 Å². The Morgan fingerprint density at radius 3 is 2.53 bits per heavy atom. The number of nitrogens with one attached hydrogen (secondary N) is 1. The first-order valence-electron chi connectivity index (χ1n) is 5.03. The van der Waals surface area contributed by atoms with E-state index in [1.54, 1.807) is 13.0 Å². The summed E-state index contributed by atoms with van der Waals surface area (Å²) in [5, 5.41) is 0. The van der Waals surface area contributed by atoms with Crippen LogP contribution in [0.25, 0.3) is 0 Å². The highest BCUT2D eigenvalue weighted by Gasteiger charge is 2.19. The first-order chi connectivity index (χ1) is 8.79. The average Bonchev–Trinajstić information content (AvgIpc) is 2.65. The molecule has 0 amide bonds. The van der Waals surface area contributed by atoms with Crippen molar-refractivity contribution >= 4 is 58.9 Å². The molecular formula is C11H8Br2FNO2S2. The summed E-state index contributed by atoms with van der Waals surface area (Å²) in [4.78, 5) is 0. The second kappa shape index (κ2) is 5.51.